The third-order valence-corrected chi connectivity index (χ3v) is 6.01. The number of thiophene rings is 1. The molecule has 4 aromatic rings. The number of aromatic nitrogens is 2. The van der Waals surface area contributed by atoms with Crippen LogP contribution in [0.4, 0.5) is 4.39 Å². The smallest absolute Gasteiger partial charge is 0.263 e. The number of hydrogen-bond acceptors (Lipinski definition) is 4. The monoisotopic (exact) mass is 407 g/mol. The zero-order valence-electron chi connectivity index (χ0n) is 15.9. The molecule has 0 unspecified atom stereocenters. The minimum Gasteiger partial charge on any atom is -0.365 e. The Hall–Kier alpha value is -3.32. The van der Waals surface area contributed by atoms with Crippen molar-refractivity contribution < 1.29 is 9.18 Å². The van der Waals surface area contributed by atoms with E-state index < -0.39 is 5.91 Å². The summed E-state index contributed by atoms with van der Waals surface area (Å²) in [5.41, 5.74) is 8.20. The van der Waals surface area contributed by atoms with Gasteiger partial charge in [0.1, 0.15) is 16.5 Å². The molecule has 2 aromatic carbocycles. The molecule has 2 N–H and O–H groups in total. The number of nitrogens with zero attached hydrogens (tertiary/aromatic N) is 2. The largest absolute Gasteiger partial charge is 0.365 e. The summed E-state index contributed by atoms with van der Waals surface area (Å²) in [6.45, 7) is 3.83. The first-order valence-corrected chi connectivity index (χ1v) is 9.82. The number of carbonyl (C=O) groups excluding carboxylic acids is 1. The third kappa shape index (κ3) is 3.45. The van der Waals surface area contributed by atoms with Crippen molar-refractivity contribution in [3.8, 4) is 11.4 Å². The third-order valence-electron chi connectivity index (χ3n) is 4.81. The number of amides is 1. The first kappa shape index (κ1) is 19.0. The molecular formula is C22H18FN3O2S. The number of halogens is 1. The van der Waals surface area contributed by atoms with E-state index in [1.54, 1.807) is 19.1 Å². The van der Waals surface area contributed by atoms with Gasteiger partial charge in [-0.1, -0.05) is 42.0 Å². The van der Waals surface area contributed by atoms with Crippen LogP contribution in [0.5, 0.6) is 0 Å². The molecule has 2 aromatic heterocycles. The first-order valence-electron chi connectivity index (χ1n) is 9.00. The van der Waals surface area contributed by atoms with Crippen molar-refractivity contribution in [2.24, 2.45) is 5.73 Å². The molecule has 0 radical (unpaired) electrons. The van der Waals surface area contributed by atoms with Crippen molar-refractivity contribution in [3.63, 3.8) is 0 Å². The fraction of sp³-hybridized carbons (Fsp3) is 0.136. The van der Waals surface area contributed by atoms with Gasteiger partial charge >= 0.3 is 0 Å². The van der Waals surface area contributed by atoms with Crippen LogP contribution in [0.3, 0.4) is 0 Å². The van der Waals surface area contributed by atoms with E-state index >= 15 is 0 Å². The van der Waals surface area contributed by atoms with E-state index in [-0.39, 0.29) is 17.9 Å². The van der Waals surface area contributed by atoms with Crippen molar-refractivity contribution in [1.82, 2.24) is 9.55 Å². The van der Waals surface area contributed by atoms with Crippen LogP contribution < -0.4 is 11.3 Å². The molecule has 2 heterocycles. The maximum atomic E-state index is 13.7. The number of carbonyl (C=O) groups is 1. The van der Waals surface area contributed by atoms with Gasteiger partial charge in [-0.05, 0) is 37.1 Å². The predicted octanol–water partition coefficient (Wildman–Crippen LogP) is 4.03. The van der Waals surface area contributed by atoms with E-state index in [2.05, 4.69) is 0 Å². The number of primary amides is 1. The number of nitrogens with two attached hydrogens (primary N) is 1. The van der Waals surface area contributed by atoms with E-state index in [1.165, 1.54) is 16.7 Å². The fourth-order valence-electron chi connectivity index (χ4n) is 3.34. The van der Waals surface area contributed by atoms with Crippen molar-refractivity contribution >= 4 is 27.5 Å². The van der Waals surface area contributed by atoms with Crippen molar-refractivity contribution in [2.75, 3.05) is 0 Å². The molecule has 5 nitrogen and oxygen atoms in total. The van der Waals surface area contributed by atoms with Gasteiger partial charge in [0, 0.05) is 5.56 Å². The molecule has 0 bridgehead atoms. The predicted molar refractivity (Wildman–Crippen MR) is 113 cm³/mol. The Morgan fingerprint density at radius 1 is 1.17 bits per heavy atom. The van der Waals surface area contributed by atoms with E-state index in [1.807, 2.05) is 31.2 Å². The Morgan fingerprint density at radius 2 is 1.90 bits per heavy atom. The zero-order chi connectivity index (χ0) is 20.7. The minimum absolute atomic E-state index is 0.157. The topological polar surface area (TPSA) is 78.0 Å². The lowest BCUT2D eigenvalue weighted by Crippen LogP contribution is -2.24. The molecule has 0 aliphatic heterocycles. The SMILES string of the molecule is Cc1ccc(-c2nc3sc(C(N)=O)c(C)c3c(=O)n2Cc2cccc(F)c2)cc1. The van der Waals surface area contributed by atoms with Crippen LogP contribution >= 0.6 is 11.3 Å². The zero-order valence-corrected chi connectivity index (χ0v) is 16.7. The van der Waals surface area contributed by atoms with E-state index in [9.17, 15) is 14.0 Å². The average molecular weight is 407 g/mol. The highest BCUT2D eigenvalue weighted by Gasteiger charge is 2.21. The van der Waals surface area contributed by atoms with Gasteiger partial charge in [-0.15, -0.1) is 11.3 Å². The summed E-state index contributed by atoms with van der Waals surface area (Å²) in [6.07, 6.45) is 0. The van der Waals surface area contributed by atoms with E-state index in [4.69, 9.17) is 10.7 Å². The van der Waals surface area contributed by atoms with E-state index in [0.29, 0.717) is 32.0 Å². The Kier molecular flexibility index (Phi) is 4.76. The fourth-order valence-corrected chi connectivity index (χ4v) is 4.36. The molecule has 7 heteroatoms. The number of fused-ring (bicyclic) bond motifs is 1. The number of hydrogen-bond donors (Lipinski definition) is 1. The maximum absolute atomic E-state index is 13.7. The Bertz CT molecular complexity index is 1310. The van der Waals surface area contributed by atoms with Gasteiger partial charge in [-0.3, -0.25) is 14.2 Å². The lowest BCUT2D eigenvalue weighted by atomic mass is 10.1. The second-order valence-electron chi connectivity index (χ2n) is 6.92. The summed E-state index contributed by atoms with van der Waals surface area (Å²) in [5.74, 6) is -0.494. The van der Waals surface area contributed by atoms with Crippen LogP contribution in [-0.2, 0) is 6.54 Å². The summed E-state index contributed by atoms with van der Waals surface area (Å²) >= 11 is 1.12. The number of rotatable bonds is 4. The van der Waals surface area contributed by atoms with Crippen LogP contribution in [0.25, 0.3) is 21.6 Å². The maximum Gasteiger partial charge on any atom is 0.263 e. The van der Waals surface area contributed by atoms with Crippen molar-refractivity contribution in [2.45, 2.75) is 20.4 Å². The standard InChI is InChI=1S/C22H18FN3O2S/c1-12-6-8-15(9-7-12)20-25-21-17(13(2)18(29-21)19(24)27)22(28)26(20)11-14-4-3-5-16(23)10-14/h3-10H,11H2,1-2H3,(H2,24,27). The van der Waals surface area contributed by atoms with Crippen LogP contribution in [0.2, 0.25) is 0 Å². The Balaban J connectivity index is 2.01. The second-order valence-corrected chi connectivity index (χ2v) is 7.92. The molecule has 0 saturated carbocycles. The summed E-state index contributed by atoms with van der Waals surface area (Å²) < 4.78 is 15.2. The molecular weight excluding hydrogens is 389 g/mol. The van der Waals surface area contributed by atoms with Gasteiger partial charge in [0.15, 0.2) is 0 Å². The Morgan fingerprint density at radius 3 is 2.55 bits per heavy atom. The van der Waals surface area contributed by atoms with Gasteiger partial charge in [0.05, 0.1) is 16.8 Å². The molecule has 0 spiro atoms. The molecule has 0 aliphatic rings. The van der Waals surface area contributed by atoms with Crippen LogP contribution in [-0.4, -0.2) is 15.5 Å². The van der Waals surface area contributed by atoms with Crippen LogP contribution in [0.1, 0.15) is 26.4 Å². The number of aryl methyl sites for hydroxylation is 2. The van der Waals surface area contributed by atoms with Gasteiger partial charge in [-0.25, -0.2) is 9.37 Å². The summed E-state index contributed by atoms with van der Waals surface area (Å²) in [4.78, 5) is 30.7. The molecule has 146 valence electrons. The first-order chi connectivity index (χ1) is 13.8. The van der Waals surface area contributed by atoms with Gasteiger partial charge < -0.3 is 5.73 Å². The summed E-state index contributed by atoms with van der Waals surface area (Å²) in [6, 6.07) is 13.8. The van der Waals surface area contributed by atoms with Crippen LogP contribution in [0.15, 0.2) is 53.3 Å². The minimum atomic E-state index is -0.585. The molecule has 1 amide bonds. The molecule has 0 saturated heterocycles. The highest BCUT2D eigenvalue weighted by molar-refractivity contribution is 7.20. The van der Waals surface area contributed by atoms with Gasteiger partial charge in [-0.2, -0.15) is 0 Å². The highest BCUT2D eigenvalue weighted by atomic mass is 32.1. The second kappa shape index (κ2) is 7.25. The van der Waals surface area contributed by atoms with Crippen LogP contribution in [0, 0.1) is 19.7 Å². The summed E-state index contributed by atoms with van der Waals surface area (Å²) in [5, 5.41) is 0.371. The molecule has 29 heavy (non-hydrogen) atoms. The highest BCUT2D eigenvalue weighted by Crippen LogP contribution is 2.29. The average Bonchev–Trinajstić information content (AvgIpc) is 3.02. The van der Waals surface area contributed by atoms with Gasteiger partial charge in [0.25, 0.3) is 11.5 Å². The van der Waals surface area contributed by atoms with Gasteiger partial charge in [0.2, 0.25) is 0 Å². The molecule has 0 atom stereocenters. The normalized spacial score (nSPS) is 11.1. The van der Waals surface area contributed by atoms with Crippen molar-refractivity contribution in [3.05, 3.63) is 86.3 Å². The summed E-state index contributed by atoms with van der Waals surface area (Å²) in [7, 11) is 0. The Labute approximate surface area is 170 Å². The lowest BCUT2D eigenvalue weighted by Gasteiger charge is -2.13. The molecule has 0 fully saturated rings. The van der Waals surface area contributed by atoms with E-state index in [0.717, 1.165) is 22.5 Å². The van der Waals surface area contributed by atoms with Crippen molar-refractivity contribution in [1.29, 1.82) is 0 Å². The number of benzene rings is 2. The molecule has 0 aliphatic carbocycles. The molecule has 4 rings (SSSR count). The quantitative estimate of drug-likeness (QED) is 0.555. The lowest BCUT2D eigenvalue weighted by molar-refractivity contribution is 0.100.